The van der Waals surface area contributed by atoms with Gasteiger partial charge >= 0.3 is 0 Å². The van der Waals surface area contributed by atoms with E-state index in [4.69, 9.17) is 9.15 Å². The molecule has 2 N–H and O–H groups in total. The zero-order chi connectivity index (χ0) is 16.3. The van der Waals surface area contributed by atoms with Crippen LogP contribution in [0.1, 0.15) is 17.1 Å². The molecule has 2 rings (SSSR count). The van der Waals surface area contributed by atoms with Crippen molar-refractivity contribution in [1.29, 1.82) is 0 Å². The summed E-state index contributed by atoms with van der Waals surface area (Å²) in [7, 11) is 1.78. The van der Waals surface area contributed by atoms with Gasteiger partial charge < -0.3 is 19.8 Å². The first kappa shape index (κ1) is 18.0. The fourth-order valence-corrected chi connectivity index (χ4v) is 3.44. The molecule has 0 amide bonds. The van der Waals surface area contributed by atoms with Gasteiger partial charge in [-0.25, -0.2) is 0 Å². The molecule has 2 aromatic heterocycles. The van der Waals surface area contributed by atoms with Crippen LogP contribution in [0.2, 0.25) is 0 Å². The highest BCUT2D eigenvalue weighted by molar-refractivity contribution is 9.11. The zero-order valence-electron chi connectivity index (χ0n) is 13.2. The van der Waals surface area contributed by atoms with E-state index in [1.807, 2.05) is 12.1 Å². The van der Waals surface area contributed by atoms with Crippen LogP contribution in [-0.2, 0) is 17.8 Å². The predicted molar refractivity (Wildman–Crippen MR) is 98.1 cm³/mol. The third-order valence-electron chi connectivity index (χ3n) is 3.10. The van der Waals surface area contributed by atoms with Gasteiger partial charge in [-0.2, -0.15) is 0 Å². The van der Waals surface area contributed by atoms with Crippen LogP contribution in [0.5, 0.6) is 0 Å². The molecule has 2 heterocycles. The van der Waals surface area contributed by atoms with Crippen LogP contribution >= 0.6 is 27.3 Å². The molecular formula is C16H22BrN3O2S. The van der Waals surface area contributed by atoms with E-state index < -0.39 is 0 Å². The van der Waals surface area contributed by atoms with E-state index in [-0.39, 0.29) is 0 Å². The van der Waals surface area contributed by atoms with Gasteiger partial charge in [0.05, 0.1) is 10.0 Å². The normalized spacial score (nSPS) is 11.7. The quantitative estimate of drug-likeness (QED) is 0.385. The summed E-state index contributed by atoms with van der Waals surface area (Å²) in [5.74, 6) is 1.68. The lowest BCUT2D eigenvalue weighted by Crippen LogP contribution is -2.38. The Morgan fingerprint density at radius 3 is 2.87 bits per heavy atom. The summed E-state index contributed by atoms with van der Waals surface area (Å²) >= 11 is 5.24. The van der Waals surface area contributed by atoms with Crippen molar-refractivity contribution in [3.63, 3.8) is 0 Å². The lowest BCUT2D eigenvalue weighted by Gasteiger charge is -2.11. The largest absolute Gasteiger partial charge is 0.467 e. The lowest BCUT2D eigenvalue weighted by atomic mass is 10.3. The molecule has 0 spiro atoms. The van der Waals surface area contributed by atoms with Gasteiger partial charge in [0.25, 0.3) is 0 Å². The first-order valence-electron chi connectivity index (χ1n) is 7.57. The van der Waals surface area contributed by atoms with Crippen molar-refractivity contribution in [3.8, 4) is 0 Å². The molecule has 0 aliphatic carbocycles. The summed E-state index contributed by atoms with van der Waals surface area (Å²) in [6.07, 6.45) is 3.56. The summed E-state index contributed by atoms with van der Waals surface area (Å²) < 4.78 is 11.9. The Balaban J connectivity index is 1.51. The Hall–Kier alpha value is -1.31. The average molecular weight is 400 g/mol. The molecule has 0 bridgehead atoms. The Labute approximate surface area is 149 Å². The van der Waals surface area contributed by atoms with E-state index in [9.17, 15) is 0 Å². The second kappa shape index (κ2) is 10.5. The number of ether oxygens (including phenoxy) is 1. The van der Waals surface area contributed by atoms with Gasteiger partial charge in [-0.05, 0) is 53.0 Å². The van der Waals surface area contributed by atoms with Crippen LogP contribution in [0, 0.1) is 0 Å². The molecule has 0 aliphatic heterocycles. The molecule has 23 heavy (non-hydrogen) atoms. The van der Waals surface area contributed by atoms with Crippen molar-refractivity contribution >= 4 is 33.2 Å². The molecule has 0 saturated carbocycles. The van der Waals surface area contributed by atoms with E-state index in [2.05, 4.69) is 43.7 Å². The number of guanidine groups is 1. The molecule has 0 aromatic carbocycles. The monoisotopic (exact) mass is 399 g/mol. The fraction of sp³-hybridized carbons (Fsp3) is 0.438. The van der Waals surface area contributed by atoms with Crippen molar-refractivity contribution in [2.45, 2.75) is 19.4 Å². The molecule has 0 aliphatic rings. The number of nitrogens with one attached hydrogen (secondary N) is 2. The van der Waals surface area contributed by atoms with Gasteiger partial charge in [-0.15, -0.1) is 11.3 Å². The number of nitrogens with zero attached hydrogens (tertiary/aromatic N) is 1. The van der Waals surface area contributed by atoms with E-state index in [0.29, 0.717) is 13.2 Å². The molecule has 126 valence electrons. The van der Waals surface area contributed by atoms with Crippen LogP contribution in [0.15, 0.2) is 43.7 Å². The highest BCUT2D eigenvalue weighted by Gasteiger charge is 2.00. The molecule has 0 saturated heterocycles. The fourth-order valence-electron chi connectivity index (χ4n) is 1.96. The average Bonchev–Trinajstić information content (AvgIpc) is 3.20. The molecule has 0 fully saturated rings. The molecule has 7 heteroatoms. The molecule has 5 nitrogen and oxygen atoms in total. The second-order valence-corrected chi connectivity index (χ2v) is 7.41. The summed E-state index contributed by atoms with van der Waals surface area (Å²) in [6.45, 7) is 2.90. The Kier molecular flexibility index (Phi) is 8.20. The molecule has 0 atom stereocenters. The summed E-state index contributed by atoms with van der Waals surface area (Å²) in [5, 5.41) is 6.60. The highest BCUT2D eigenvalue weighted by atomic mass is 79.9. The minimum Gasteiger partial charge on any atom is -0.467 e. The number of furan rings is 1. The van der Waals surface area contributed by atoms with E-state index in [1.165, 1.54) is 8.66 Å². The maximum absolute atomic E-state index is 5.54. The minimum atomic E-state index is 0.524. The maximum Gasteiger partial charge on any atom is 0.190 e. The Bertz CT molecular complexity index is 584. The van der Waals surface area contributed by atoms with Crippen molar-refractivity contribution in [2.24, 2.45) is 4.99 Å². The first-order chi connectivity index (χ1) is 11.3. The topological polar surface area (TPSA) is 58.8 Å². The standard InChI is InChI=1S/C16H22BrN3O2S/c1-18-16(20-9-7-14-5-6-15(17)23-14)19-8-3-10-21-12-13-4-2-11-22-13/h2,4-6,11H,3,7-10,12H2,1H3,(H2,18,19,20). The second-order valence-electron chi connectivity index (χ2n) is 4.87. The van der Waals surface area contributed by atoms with Gasteiger partial charge in [-0.3, -0.25) is 4.99 Å². The van der Waals surface area contributed by atoms with E-state index in [1.54, 1.807) is 24.6 Å². The van der Waals surface area contributed by atoms with Gasteiger partial charge in [-0.1, -0.05) is 0 Å². The lowest BCUT2D eigenvalue weighted by molar-refractivity contribution is 0.105. The summed E-state index contributed by atoms with van der Waals surface area (Å²) in [4.78, 5) is 5.57. The van der Waals surface area contributed by atoms with Gasteiger partial charge in [0.1, 0.15) is 12.4 Å². The van der Waals surface area contributed by atoms with Crippen LogP contribution in [0.25, 0.3) is 0 Å². The number of rotatable bonds is 9. The van der Waals surface area contributed by atoms with Crippen molar-refractivity contribution < 1.29 is 9.15 Å². The van der Waals surface area contributed by atoms with Crippen molar-refractivity contribution in [1.82, 2.24) is 10.6 Å². The van der Waals surface area contributed by atoms with Crippen LogP contribution in [-0.4, -0.2) is 32.7 Å². The van der Waals surface area contributed by atoms with Gasteiger partial charge in [0, 0.05) is 31.6 Å². The number of thiophene rings is 1. The molecule has 2 aromatic rings. The zero-order valence-corrected chi connectivity index (χ0v) is 15.6. The van der Waals surface area contributed by atoms with Crippen LogP contribution in [0.3, 0.4) is 0 Å². The van der Waals surface area contributed by atoms with Crippen LogP contribution in [0.4, 0.5) is 0 Å². The van der Waals surface area contributed by atoms with Crippen LogP contribution < -0.4 is 10.6 Å². The highest BCUT2D eigenvalue weighted by Crippen LogP contribution is 2.21. The van der Waals surface area contributed by atoms with E-state index >= 15 is 0 Å². The molecular weight excluding hydrogens is 378 g/mol. The van der Waals surface area contributed by atoms with E-state index in [0.717, 1.165) is 37.7 Å². The molecule has 0 radical (unpaired) electrons. The summed E-state index contributed by atoms with van der Waals surface area (Å²) in [6, 6.07) is 8.00. The summed E-state index contributed by atoms with van der Waals surface area (Å²) in [5.41, 5.74) is 0. The minimum absolute atomic E-state index is 0.524. The van der Waals surface area contributed by atoms with Gasteiger partial charge in [0.2, 0.25) is 0 Å². The number of hydrogen-bond donors (Lipinski definition) is 2. The number of halogens is 1. The number of aliphatic imine (C=N–C) groups is 1. The van der Waals surface area contributed by atoms with Crippen molar-refractivity contribution in [3.05, 3.63) is 45.0 Å². The third kappa shape index (κ3) is 7.20. The van der Waals surface area contributed by atoms with Crippen molar-refractivity contribution in [2.75, 3.05) is 26.7 Å². The molecule has 0 unspecified atom stereocenters. The van der Waals surface area contributed by atoms with Gasteiger partial charge in [0.15, 0.2) is 5.96 Å². The predicted octanol–water partition coefficient (Wildman–Crippen LogP) is 3.42. The third-order valence-corrected chi connectivity index (χ3v) is 4.78. The Morgan fingerprint density at radius 2 is 2.17 bits per heavy atom. The maximum atomic E-state index is 5.54. The SMILES string of the molecule is CN=C(NCCCOCc1ccco1)NCCc1ccc(Br)s1. The number of hydrogen-bond acceptors (Lipinski definition) is 4. The Morgan fingerprint density at radius 1 is 1.30 bits per heavy atom. The smallest absolute Gasteiger partial charge is 0.190 e. The first-order valence-corrected chi connectivity index (χ1v) is 9.17.